The van der Waals surface area contributed by atoms with Crippen molar-refractivity contribution in [3.8, 4) is 0 Å². The molecule has 0 aromatic heterocycles. The summed E-state index contributed by atoms with van der Waals surface area (Å²) < 4.78 is 0. The average molecular weight is 124 g/mol. The smallest absolute Gasteiger partial charge is 0.123 e. The molecule has 0 aromatic rings. The molecule has 0 amide bonds. The molecule has 0 radical (unpaired) electrons. The first-order valence-electron chi connectivity index (χ1n) is 3.34. The molecule has 1 aliphatic rings. The average Bonchev–Trinajstić information content (AvgIpc) is 1.86. The van der Waals surface area contributed by atoms with Crippen LogP contribution >= 0.6 is 0 Å². The van der Waals surface area contributed by atoms with Gasteiger partial charge in [0.05, 0.1) is 6.54 Å². The van der Waals surface area contributed by atoms with Crippen LogP contribution in [0.4, 0.5) is 0 Å². The van der Waals surface area contributed by atoms with Crippen LogP contribution in [0.25, 0.3) is 0 Å². The number of nitrogens with two attached hydrogens (primary N) is 1. The van der Waals surface area contributed by atoms with Crippen LogP contribution < -0.4 is 5.73 Å². The highest BCUT2D eigenvalue weighted by atomic mass is 14.9. The van der Waals surface area contributed by atoms with Crippen LogP contribution in [0.1, 0.15) is 19.8 Å². The number of nitrogens with zero attached hydrogens (tertiary/aromatic N) is 1. The molecule has 2 nitrogen and oxygen atoms in total. The molecule has 1 aliphatic heterocycles. The fraction of sp³-hybridized carbons (Fsp3) is 0.571. The fourth-order valence-electron chi connectivity index (χ4n) is 0.749. The molecule has 1 heterocycles. The molecule has 2 N–H and O–H groups in total. The summed E-state index contributed by atoms with van der Waals surface area (Å²) in [5, 5.41) is 0. The van der Waals surface area contributed by atoms with Gasteiger partial charge in [0.25, 0.3) is 0 Å². The Hall–Kier alpha value is -0.790. The maximum atomic E-state index is 5.45. The molecule has 0 bridgehead atoms. The second kappa shape index (κ2) is 2.67. The summed E-state index contributed by atoms with van der Waals surface area (Å²) >= 11 is 0. The van der Waals surface area contributed by atoms with Crippen molar-refractivity contribution >= 4 is 5.84 Å². The number of rotatable bonds is 2. The molecule has 9 heavy (non-hydrogen) atoms. The van der Waals surface area contributed by atoms with Gasteiger partial charge in [-0.25, -0.2) is 0 Å². The van der Waals surface area contributed by atoms with Crippen molar-refractivity contribution in [3.05, 3.63) is 11.6 Å². The molecule has 0 aliphatic carbocycles. The van der Waals surface area contributed by atoms with Crippen molar-refractivity contribution in [2.75, 3.05) is 6.54 Å². The van der Waals surface area contributed by atoms with Crippen LogP contribution in [0.15, 0.2) is 16.6 Å². The maximum Gasteiger partial charge on any atom is 0.123 e. The van der Waals surface area contributed by atoms with Crippen molar-refractivity contribution in [2.45, 2.75) is 19.8 Å². The molecular formula is C7H12N2. The molecule has 1 rings (SSSR count). The minimum absolute atomic E-state index is 0.739. The Morgan fingerprint density at radius 1 is 1.78 bits per heavy atom. The molecule has 0 saturated carbocycles. The van der Waals surface area contributed by atoms with E-state index in [0.29, 0.717) is 0 Å². The summed E-state index contributed by atoms with van der Waals surface area (Å²) in [6.07, 6.45) is 4.49. The predicted molar refractivity (Wildman–Crippen MR) is 39.5 cm³/mol. The van der Waals surface area contributed by atoms with E-state index < -0.39 is 0 Å². The minimum Gasteiger partial charge on any atom is -0.384 e. The van der Waals surface area contributed by atoms with E-state index in [2.05, 4.69) is 18.0 Å². The van der Waals surface area contributed by atoms with E-state index in [0.717, 1.165) is 18.8 Å². The van der Waals surface area contributed by atoms with Gasteiger partial charge in [-0.15, -0.1) is 0 Å². The molecule has 0 aromatic carbocycles. The van der Waals surface area contributed by atoms with Gasteiger partial charge in [-0.1, -0.05) is 19.4 Å². The van der Waals surface area contributed by atoms with Gasteiger partial charge in [0, 0.05) is 5.57 Å². The lowest BCUT2D eigenvalue weighted by atomic mass is 10.1. The summed E-state index contributed by atoms with van der Waals surface area (Å²) in [6.45, 7) is 2.99. The largest absolute Gasteiger partial charge is 0.384 e. The molecule has 0 saturated heterocycles. The fourth-order valence-corrected chi connectivity index (χ4v) is 0.749. The van der Waals surface area contributed by atoms with Crippen molar-refractivity contribution in [2.24, 2.45) is 10.7 Å². The van der Waals surface area contributed by atoms with E-state index in [9.17, 15) is 0 Å². The maximum absolute atomic E-state index is 5.45. The number of aliphatic imine (C=N–C) groups is 1. The zero-order valence-corrected chi connectivity index (χ0v) is 5.72. The Morgan fingerprint density at radius 3 is 2.89 bits per heavy atom. The highest BCUT2D eigenvalue weighted by molar-refractivity contribution is 6.01. The summed E-state index contributed by atoms with van der Waals surface area (Å²) in [6, 6.07) is 0. The van der Waals surface area contributed by atoms with Gasteiger partial charge in [0.2, 0.25) is 0 Å². The third-order valence-electron chi connectivity index (χ3n) is 1.43. The van der Waals surface area contributed by atoms with Crippen LogP contribution in [0, 0.1) is 0 Å². The molecule has 0 unspecified atom stereocenters. The lowest BCUT2D eigenvalue weighted by molar-refractivity contribution is 0.939. The highest BCUT2D eigenvalue weighted by Gasteiger charge is 2.08. The van der Waals surface area contributed by atoms with Crippen LogP contribution in [-0.4, -0.2) is 12.4 Å². The molecule has 2 heteroatoms. The van der Waals surface area contributed by atoms with E-state index in [4.69, 9.17) is 5.73 Å². The van der Waals surface area contributed by atoms with Gasteiger partial charge in [0.1, 0.15) is 5.84 Å². The van der Waals surface area contributed by atoms with Crippen LogP contribution in [0.3, 0.4) is 0 Å². The normalized spacial score (nSPS) is 21.4. The Balaban J connectivity index is 2.37. The van der Waals surface area contributed by atoms with E-state index in [1.54, 1.807) is 0 Å². The first-order chi connectivity index (χ1) is 4.34. The van der Waals surface area contributed by atoms with Gasteiger partial charge < -0.3 is 5.73 Å². The molecule has 50 valence electrons. The topological polar surface area (TPSA) is 38.4 Å². The van der Waals surface area contributed by atoms with Gasteiger partial charge in [0.15, 0.2) is 0 Å². The Morgan fingerprint density at radius 2 is 2.56 bits per heavy atom. The van der Waals surface area contributed by atoms with Crippen LogP contribution in [0.2, 0.25) is 0 Å². The third kappa shape index (κ3) is 1.31. The van der Waals surface area contributed by atoms with E-state index >= 15 is 0 Å². The first-order valence-corrected chi connectivity index (χ1v) is 3.34. The van der Waals surface area contributed by atoms with E-state index in [1.807, 2.05) is 0 Å². The number of hydrogen-bond donors (Lipinski definition) is 1. The van der Waals surface area contributed by atoms with Crippen LogP contribution in [0.5, 0.6) is 0 Å². The molecule has 0 spiro atoms. The number of hydrogen-bond acceptors (Lipinski definition) is 2. The zero-order valence-electron chi connectivity index (χ0n) is 5.72. The number of unbranched alkanes of at least 4 members (excludes halogenated alkanes) is 1. The Bertz CT molecular complexity index is 156. The Labute approximate surface area is 55.5 Å². The predicted octanol–water partition coefficient (Wildman–Crippen LogP) is 1.08. The van der Waals surface area contributed by atoms with Gasteiger partial charge in [-0.3, -0.25) is 4.99 Å². The van der Waals surface area contributed by atoms with Crippen molar-refractivity contribution in [1.82, 2.24) is 0 Å². The lowest BCUT2D eigenvalue weighted by Crippen LogP contribution is -2.25. The molecular weight excluding hydrogens is 112 g/mol. The lowest BCUT2D eigenvalue weighted by Gasteiger charge is -2.12. The van der Waals surface area contributed by atoms with Crippen molar-refractivity contribution in [1.29, 1.82) is 0 Å². The second-order valence-electron chi connectivity index (χ2n) is 2.22. The number of amidine groups is 1. The Kier molecular flexibility index (Phi) is 1.88. The van der Waals surface area contributed by atoms with Gasteiger partial charge in [-0.2, -0.15) is 0 Å². The van der Waals surface area contributed by atoms with Gasteiger partial charge >= 0.3 is 0 Å². The monoisotopic (exact) mass is 124 g/mol. The zero-order chi connectivity index (χ0) is 6.69. The van der Waals surface area contributed by atoms with Crippen molar-refractivity contribution < 1.29 is 0 Å². The third-order valence-corrected chi connectivity index (χ3v) is 1.43. The van der Waals surface area contributed by atoms with Crippen LogP contribution in [-0.2, 0) is 0 Å². The molecule has 0 fully saturated rings. The first kappa shape index (κ1) is 6.33. The summed E-state index contributed by atoms with van der Waals surface area (Å²) in [5.41, 5.74) is 6.68. The van der Waals surface area contributed by atoms with Gasteiger partial charge in [-0.05, 0) is 6.42 Å². The number of allylic oxidation sites excluding steroid dienone is 1. The quantitative estimate of drug-likeness (QED) is 0.587. The van der Waals surface area contributed by atoms with Crippen molar-refractivity contribution in [3.63, 3.8) is 0 Å². The van der Waals surface area contributed by atoms with E-state index in [1.165, 1.54) is 12.0 Å². The SMILES string of the molecule is CCC/C=C1/CN=C1N. The highest BCUT2D eigenvalue weighted by Crippen LogP contribution is 2.07. The summed E-state index contributed by atoms with van der Waals surface area (Å²) in [5.74, 6) is 0.739. The summed E-state index contributed by atoms with van der Waals surface area (Å²) in [7, 11) is 0. The second-order valence-corrected chi connectivity index (χ2v) is 2.22. The minimum atomic E-state index is 0.739. The standard InChI is InChI=1S/C7H12N2/c1-2-3-4-6-5-9-7(6)8/h4H,2-3,5H2,1H3,(H2,8,9)/b6-4-. The molecule has 0 atom stereocenters. The summed E-state index contributed by atoms with van der Waals surface area (Å²) in [4.78, 5) is 3.93. The van der Waals surface area contributed by atoms with E-state index in [-0.39, 0.29) is 0 Å².